The molecule has 0 fully saturated rings. The zero-order valence-electron chi connectivity index (χ0n) is 18.5. The van der Waals surface area contributed by atoms with E-state index in [2.05, 4.69) is 19.9 Å². The molecule has 4 aromatic heterocycles. The number of halogens is 1. The van der Waals surface area contributed by atoms with Crippen LogP contribution in [0.2, 0.25) is 0 Å². The van der Waals surface area contributed by atoms with Crippen molar-refractivity contribution in [2.24, 2.45) is 0 Å². The third-order valence-electron chi connectivity index (χ3n) is 5.75. The number of rotatable bonds is 2. The summed E-state index contributed by atoms with van der Waals surface area (Å²) in [5, 5.41) is 3.71. The molecule has 0 spiro atoms. The van der Waals surface area contributed by atoms with E-state index in [1.165, 1.54) is 12.1 Å². The van der Waals surface area contributed by atoms with Crippen LogP contribution in [0.5, 0.6) is 0 Å². The molecule has 6 rings (SSSR count). The first-order valence-corrected chi connectivity index (χ1v) is 12.1. The standard InChI is InChI=1S/C26H20N4O3S.ClH.Mn/c31-34(32,33)24-9-1-16(2-10-24)25-14-23-13-21-6-5-19(28-21)11-17-3-4-18(27-17)12-20-7-8-22(29-20)15-26(25)30-23;;/h1-15,27-30H,(H,31,32,33);1H;/q;;+3/p-2. The zero-order chi connectivity index (χ0) is 23.3. The van der Waals surface area contributed by atoms with Crippen molar-refractivity contribution in [2.45, 2.75) is 4.90 Å². The Kier molecular flexibility index (Phi) is 7.04. The molecule has 5 heterocycles. The number of aromatic amines is 4. The molecule has 0 radical (unpaired) electrons. The molecule has 0 unspecified atom stereocenters. The predicted octanol–water partition coefficient (Wildman–Crippen LogP) is -1.80. The normalized spacial score (nSPS) is 12.1. The van der Waals surface area contributed by atoms with Crippen LogP contribution < -0.4 is 33.8 Å². The molecule has 1 aliphatic rings. The maximum Gasteiger partial charge on any atom is 3.00 e. The number of nitrogens with one attached hydrogen (secondary N) is 4. The van der Waals surface area contributed by atoms with Gasteiger partial charge in [0, 0.05) is 49.7 Å². The quantitative estimate of drug-likeness (QED) is 0.149. The van der Waals surface area contributed by atoms with E-state index in [0.717, 1.165) is 55.3 Å². The molecule has 1 aromatic carbocycles. The summed E-state index contributed by atoms with van der Waals surface area (Å²) >= 11 is 0. The van der Waals surface area contributed by atoms with Crippen molar-refractivity contribution in [3.8, 4) is 11.1 Å². The van der Waals surface area contributed by atoms with Gasteiger partial charge in [-0.05, 0) is 84.5 Å². The summed E-state index contributed by atoms with van der Waals surface area (Å²) in [5.74, 6) is 0. The molecular formula is C26H19ClMnN4O3S+. The fourth-order valence-electron chi connectivity index (χ4n) is 4.18. The van der Waals surface area contributed by atoms with E-state index in [9.17, 15) is 13.0 Å². The molecule has 0 amide bonds. The van der Waals surface area contributed by atoms with Crippen LogP contribution >= 0.6 is 0 Å². The van der Waals surface area contributed by atoms with Gasteiger partial charge in [-0.2, -0.15) is 0 Å². The third-order valence-corrected chi connectivity index (χ3v) is 6.60. The van der Waals surface area contributed by atoms with Crippen LogP contribution in [0.4, 0.5) is 0 Å². The van der Waals surface area contributed by atoms with Gasteiger partial charge in [0.2, 0.25) is 0 Å². The maximum absolute atomic E-state index is 11.3. The summed E-state index contributed by atoms with van der Waals surface area (Å²) in [7, 11) is -4.50. The molecule has 0 atom stereocenters. The fraction of sp³-hybridized carbons (Fsp3) is 0. The average molecular weight is 558 g/mol. The molecule has 0 aliphatic carbocycles. The topological polar surface area (TPSA) is 120 Å². The summed E-state index contributed by atoms with van der Waals surface area (Å²) in [6.45, 7) is 0. The van der Waals surface area contributed by atoms with Crippen molar-refractivity contribution in [1.82, 2.24) is 19.9 Å². The minimum Gasteiger partial charge on any atom is -1.00 e. The van der Waals surface area contributed by atoms with Crippen LogP contribution in [-0.2, 0) is 27.2 Å². The van der Waals surface area contributed by atoms with Gasteiger partial charge in [0.15, 0.2) is 0 Å². The summed E-state index contributed by atoms with van der Waals surface area (Å²) in [4.78, 5) is 13.4. The Morgan fingerprint density at radius 3 is 1.61 bits per heavy atom. The Morgan fingerprint density at radius 1 is 0.583 bits per heavy atom. The van der Waals surface area contributed by atoms with Crippen LogP contribution in [0.1, 0.15) is 22.8 Å². The number of hydrogen-bond acceptors (Lipinski definition) is 3. The third kappa shape index (κ3) is 5.21. The summed E-state index contributed by atoms with van der Waals surface area (Å²) < 4.78 is 34.0. The molecule has 7 nitrogen and oxygen atoms in total. The molecule has 180 valence electrons. The van der Waals surface area contributed by atoms with Gasteiger partial charge >= 0.3 is 17.1 Å². The van der Waals surface area contributed by atoms with E-state index in [1.54, 1.807) is 12.1 Å². The van der Waals surface area contributed by atoms with Gasteiger partial charge in [0.25, 0.3) is 0 Å². The predicted molar refractivity (Wildman–Crippen MR) is 129 cm³/mol. The monoisotopic (exact) mass is 557 g/mol. The van der Waals surface area contributed by atoms with E-state index in [0.29, 0.717) is 0 Å². The second-order valence-electron chi connectivity index (χ2n) is 8.21. The van der Waals surface area contributed by atoms with E-state index in [4.69, 9.17) is 0 Å². The Balaban J connectivity index is 0.00000152. The smallest absolute Gasteiger partial charge is 1.00 e. The van der Waals surface area contributed by atoms with Crippen LogP contribution in [0.25, 0.3) is 35.4 Å². The second-order valence-corrected chi connectivity index (χ2v) is 9.59. The first kappa shape index (κ1) is 25.6. The molecule has 8 bridgehead atoms. The van der Waals surface area contributed by atoms with Crippen molar-refractivity contribution in [2.75, 3.05) is 0 Å². The van der Waals surface area contributed by atoms with Crippen molar-refractivity contribution >= 4 is 34.4 Å². The minimum atomic E-state index is -4.50. The van der Waals surface area contributed by atoms with Crippen LogP contribution in [-0.4, -0.2) is 32.9 Å². The van der Waals surface area contributed by atoms with Crippen LogP contribution in [0, 0.1) is 0 Å². The first-order chi connectivity index (χ1) is 16.4. The van der Waals surface area contributed by atoms with Crippen molar-refractivity contribution < 1.29 is 42.4 Å². The molecule has 1 aliphatic heterocycles. The number of hydrogen-bond donors (Lipinski definition) is 4. The van der Waals surface area contributed by atoms with Gasteiger partial charge < -0.3 is 36.9 Å². The van der Waals surface area contributed by atoms with E-state index in [-0.39, 0.29) is 34.4 Å². The van der Waals surface area contributed by atoms with Crippen LogP contribution in [0.15, 0.2) is 71.6 Å². The van der Waals surface area contributed by atoms with E-state index in [1.807, 2.05) is 66.8 Å². The molecule has 0 saturated carbocycles. The van der Waals surface area contributed by atoms with Gasteiger partial charge in [-0.25, -0.2) is 8.42 Å². The van der Waals surface area contributed by atoms with Gasteiger partial charge in [0.05, 0.1) is 4.90 Å². The molecule has 5 aromatic rings. The van der Waals surface area contributed by atoms with Crippen molar-refractivity contribution in [3.05, 3.63) is 111 Å². The number of aromatic nitrogens is 4. The molecule has 4 N–H and O–H groups in total. The number of benzene rings is 1. The Hall–Kier alpha value is -3.46. The van der Waals surface area contributed by atoms with Crippen molar-refractivity contribution in [3.63, 3.8) is 0 Å². The molecule has 10 heteroatoms. The van der Waals surface area contributed by atoms with Gasteiger partial charge in [0.1, 0.15) is 10.1 Å². The second kappa shape index (κ2) is 9.89. The average Bonchev–Trinajstić information content (AvgIpc) is 3.58. The van der Waals surface area contributed by atoms with Crippen LogP contribution in [0.3, 0.4) is 0 Å². The maximum atomic E-state index is 11.3. The number of fused-ring (bicyclic) bond motifs is 8. The number of H-pyrrole nitrogens is 4. The summed E-state index contributed by atoms with van der Waals surface area (Å²) in [6.07, 6.45) is 8.10. The Labute approximate surface area is 223 Å². The van der Waals surface area contributed by atoms with Gasteiger partial charge in [-0.3, -0.25) is 0 Å². The van der Waals surface area contributed by atoms with Gasteiger partial charge in [-0.1, -0.05) is 12.1 Å². The van der Waals surface area contributed by atoms with Crippen molar-refractivity contribution in [1.29, 1.82) is 0 Å². The Morgan fingerprint density at radius 2 is 1.08 bits per heavy atom. The Bertz CT molecular complexity index is 1900. The summed E-state index contributed by atoms with van der Waals surface area (Å²) in [5.41, 5.74) is 5.46. The largest absolute Gasteiger partial charge is 3.00 e. The van der Waals surface area contributed by atoms with Gasteiger partial charge in [-0.15, -0.1) is 0 Å². The molecule has 0 saturated heterocycles. The first-order valence-electron chi connectivity index (χ1n) is 10.6. The van der Waals surface area contributed by atoms with E-state index < -0.39 is 10.1 Å². The fourth-order valence-corrected chi connectivity index (χ4v) is 4.65. The molecule has 36 heavy (non-hydrogen) atoms. The SMILES string of the molecule is O=S(=O)([O-])c1ccc(-c2cc3[nH]c2=Cc2ccc([nH]2)C=c2ccc([nH]2)=Cc2ccc([nH]2)C=3)cc1.[Cl-].[Mn+3]. The minimum absolute atomic E-state index is 0. The molecular weight excluding hydrogens is 539 g/mol. The zero-order valence-corrected chi connectivity index (χ0v) is 21.3. The van der Waals surface area contributed by atoms with E-state index >= 15 is 0 Å². The summed E-state index contributed by atoms with van der Waals surface area (Å²) in [6, 6.07) is 20.1.